The largest absolute Gasteiger partial charge is 0.468 e. The van der Waals surface area contributed by atoms with Crippen LogP contribution in [0.5, 0.6) is 0 Å². The Morgan fingerprint density at radius 1 is 0.682 bits per heavy atom. The van der Waals surface area contributed by atoms with Crippen LogP contribution in [-0.2, 0) is 38.2 Å². The van der Waals surface area contributed by atoms with Crippen molar-refractivity contribution in [2.75, 3.05) is 14.2 Å². The monoisotopic (exact) mass is 310 g/mol. The molecule has 2 saturated carbocycles. The normalized spacial score (nSPS) is 22.8. The van der Waals surface area contributed by atoms with Gasteiger partial charge < -0.3 is 9.47 Å². The summed E-state index contributed by atoms with van der Waals surface area (Å²) in [7, 11) is 1.83. The van der Waals surface area contributed by atoms with Gasteiger partial charge in [-0.3, -0.25) is 28.8 Å². The van der Waals surface area contributed by atoms with E-state index in [-0.39, 0.29) is 25.7 Å². The van der Waals surface area contributed by atoms with E-state index in [2.05, 4.69) is 9.47 Å². The van der Waals surface area contributed by atoms with Crippen molar-refractivity contribution in [3.05, 3.63) is 0 Å². The van der Waals surface area contributed by atoms with Gasteiger partial charge in [-0.05, 0) is 0 Å². The molecule has 0 unspecified atom stereocenters. The summed E-state index contributed by atoms with van der Waals surface area (Å²) in [6.07, 6.45) is -1.36. The SMILES string of the molecule is COC(=O)C1(C2(C(=O)OC)C(=O)CCC2=O)C(=O)CCC1=O. The van der Waals surface area contributed by atoms with Gasteiger partial charge in [-0.15, -0.1) is 0 Å². The molecule has 2 aliphatic carbocycles. The van der Waals surface area contributed by atoms with Gasteiger partial charge in [0.2, 0.25) is 10.8 Å². The van der Waals surface area contributed by atoms with E-state index < -0.39 is 45.9 Å². The van der Waals surface area contributed by atoms with Crippen molar-refractivity contribution in [3.63, 3.8) is 0 Å². The molecule has 0 aromatic carbocycles. The second-order valence-electron chi connectivity index (χ2n) is 5.18. The minimum atomic E-state index is -2.75. The average molecular weight is 310 g/mol. The second kappa shape index (κ2) is 5.11. The second-order valence-corrected chi connectivity index (χ2v) is 5.18. The Bertz CT molecular complexity index is 528. The van der Waals surface area contributed by atoms with Crippen molar-refractivity contribution in [2.24, 2.45) is 10.8 Å². The molecule has 0 bridgehead atoms. The minimum Gasteiger partial charge on any atom is -0.468 e. The van der Waals surface area contributed by atoms with E-state index in [1.807, 2.05) is 0 Å². The molecule has 0 saturated heterocycles. The molecule has 0 radical (unpaired) electrons. The minimum absolute atomic E-state index is 0.340. The Balaban J connectivity index is 2.88. The smallest absolute Gasteiger partial charge is 0.329 e. The van der Waals surface area contributed by atoms with E-state index in [9.17, 15) is 28.8 Å². The quantitative estimate of drug-likeness (QED) is 0.489. The van der Waals surface area contributed by atoms with Crippen LogP contribution in [0, 0.1) is 10.8 Å². The number of Topliss-reactive ketones (excluding diaryl/α,β-unsaturated/α-hetero) is 4. The summed E-state index contributed by atoms with van der Waals surface area (Å²) in [5.74, 6) is -6.57. The van der Waals surface area contributed by atoms with E-state index in [0.29, 0.717) is 0 Å². The number of methoxy groups -OCH3 is 2. The van der Waals surface area contributed by atoms with Crippen LogP contribution in [0.4, 0.5) is 0 Å². The summed E-state index contributed by atoms with van der Waals surface area (Å²) in [6, 6.07) is 0. The summed E-state index contributed by atoms with van der Waals surface area (Å²) >= 11 is 0. The van der Waals surface area contributed by atoms with Crippen molar-refractivity contribution in [1.29, 1.82) is 0 Å². The van der Waals surface area contributed by atoms with Crippen LogP contribution < -0.4 is 0 Å². The summed E-state index contributed by atoms with van der Waals surface area (Å²) in [5, 5.41) is 0. The lowest BCUT2D eigenvalue weighted by Crippen LogP contribution is -2.64. The highest BCUT2D eigenvalue weighted by Gasteiger charge is 2.79. The maximum absolute atomic E-state index is 12.4. The van der Waals surface area contributed by atoms with Gasteiger partial charge in [0, 0.05) is 25.7 Å². The lowest BCUT2D eigenvalue weighted by atomic mass is 9.58. The topological polar surface area (TPSA) is 121 Å². The highest BCUT2D eigenvalue weighted by atomic mass is 16.5. The Labute approximate surface area is 125 Å². The third-order valence-electron chi connectivity index (χ3n) is 4.38. The van der Waals surface area contributed by atoms with Crippen molar-refractivity contribution < 1.29 is 38.2 Å². The van der Waals surface area contributed by atoms with E-state index >= 15 is 0 Å². The fourth-order valence-electron chi connectivity index (χ4n) is 3.42. The highest BCUT2D eigenvalue weighted by Crippen LogP contribution is 2.53. The zero-order valence-corrected chi connectivity index (χ0v) is 12.1. The molecule has 0 aromatic heterocycles. The average Bonchev–Trinajstić information content (AvgIpc) is 2.97. The number of hydrogen-bond donors (Lipinski definition) is 0. The third-order valence-corrected chi connectivity index (χ3v) is 4.38. The van der Waals surface area contributed by atoms with Crippen LogP contribution in [-0.4, -0.2) is 49.3 Å². The molecule has 8 heteroatoms. The first-order valence-corrected chi connectivity index (χ1v) is 6.61. The number of esters is 2. The number of rotatable bonds is 3. The van der Waals surface area contributed by atoms with Crippen LogP contribution in [0.25, 0.3) is 0 Å². The van der Waals surface area contributed by atoms with Crippen molar-refractivity contribution in [2.45, 2.75) is 25.7 Å². The van der Waals surface area contributed by atoms with E-state index in [4.69, 9.17) is 0 Å². The summed E-state index contributed by atoms with van der Waals surface area (Å²) in [6.45, 7) is 0. The molecule has 0 amide bonds. The molecule has 0 spiro atoms. The van der Waals surface area contributed by atoms with Crippen molar-refractivity contribution in [1.82, 2.24) is 0 Å². The van der Waals surface area contributed by atoms with E-state index in [0.717, 1.165) is 14.2 Å². The molecule has 118 valence electrons. The molecule has 0 heterocycles. The number of ether oxygens (including phenoxy) is 2. The van der Waals surface area contributed by atoms with Gasteiger partial charge >= 0.3 is 11.9 Å². The van der Waals surface area contributed by atoms with Crippen LogP contribution >= 0.6 is 0 Å². The Morgan fingerprint density at radius 3 is 1.09 bits per heavy atom. The van der Waals surface area contributed by atoms with Gasteiger partial charge in [0.25, 0.3) is 0 Å². The van der Waals surface area contributed by atoms with Crippen LogP contribution in [0.2, 0.25) is 0 Å². The third kappa shape index (κ3) is 1.52. The summed E-state index contributed by atoms with van der Waals surface area (Å²) < 4.78 is 9.03. The molecular formula is C14H14O8. The maximum Gasteiger partial charge on any atom is 0.329 e. The first-order chi connectivity index (χ1) is 10.3. The van der Waals surface area contributed by atoms with Gasteiger partial charge in [-0.2, -0.15) is 0 Å². The number of ketones is 4. The van der Waals surface area contributed by atoms with Crippen LogP contribution in [0.15, 0.2) is 0 Å². The lowest BCUT2D eigenvalue weighted by molar-refractivity contribution is -0.185. The molecule has 2 fully saturated rings. The maximum atomic E-state index is 12.4. The van der Waals surface area contributed by atoms with Gasteiger partial charge in [-0.1, -0.05) is 0 Å². The Kier molecular flexibility index (Phi) is 3.72. The number of hydrogen-bond acceptors (Lipinski definition) is 8. The van der Waals surface area contributed by atoms with Crippen molar-refractivity contribution >= 4 is 35.1 Å². The molecule has 2 aliphatic rings. The molecule has 22 heavy (non-hydrogen) atoms. The van der Waals surface area contributed by atoms with Crippen molar-refractivity contribution in [3.8, 4) is 0 Å². The zero-order chi connectivity index (χ0) is 16.7. The van der Waals surface area contributed by atoms with E-state index in [1.165, 1.54) is 0 Å². The molecule has 0 N–H and O–H groups in total. The Hall–Kier alpha value is -2.38. The lowest BCUT2D eigenvalue weighted by Gasteiger charge is -2.36. The van der Waals surface area contributed by atoms with Gasteiger partial charge in [0.15, 0.2) is 23.1 Å². The molecule has 2 rings (SSSR count). The summed E-state index contributed by atoms with van der Waals surface area (Å²) in [5.41, 5.74) is -5.50. The first-order valence-electron chi connectivity index (χ1n) is 6.61. The molecule has 0 aromatic rings. The molecule has 0 atom stereocenters. The molecule has 0 aliphatic heterocycles. The van der Waals surface area contributed by atoms with Crippen LogP contribution in [0.3, 0.4) is 0 Å². The zero-order valence-electron chi connectivity index (χ0n) is 12.1. The predicted octanol–water partition coefficient (Wildman–Crippen LogP) is -0.831. The summed E-state index contributed by atoms with van der Waals surface area (Å²) in [4.78, 5) is 74.1. The number of carbonyl (C=O) groups is 6. The van der Waals surface area contributed by atoms with Crippen LogP contribution in [0.1, 0.15) is 25.7 Å². The Morgan fingerprint density at radius 2 is 0.909 bits per heavy atom. The van der Waals surface area contributed by atoms with Gasteiger partial charge in [-0.25, -0.2) is 0 Å². The highest BCUT2D eigenvalue weighted by molar-refractivity contribution is 6.41. The standard InChI is InChI=1S/C14H14O8/c1-21-11(19)13(7(15)3-4-8(13)16)14(12(20)22-2)9(17)5-6-10(14)18/h3-6H2,1-2H3. The first kappa shape index (κ1) is 16.0. The van der Waals surface area contributed by atoms with Gasteiger partial charge in [0.05, 0.1) is 14.2 Å². The van der Waals surface area contributed by atoms with Gasteiger partial charge in [0.1, 0.15) is 0 Å². The molecule has 8 nitrogen and oxygen atoms in total. The fourth-order valence-corrected chi connectivity index (χ4v) is 3.42. The fraction of sp³-hybridized carbons (Fsp3) is 0.571. The predicted molar refractivity (Wildman–Crippen MR) is 67.4 cm³/mol. The molecular weight excluding hydrogens is 296 g/mol. The number of carbonyl (C=O) groups excluding carboxylic acids is 6. The van der Waals surface area contributed by atoms with E-state index in [1.54, 1.807) is 0 Å².